The zero-order chi connectivity index (χ0) is 30.6. The summed E-state index contributed by atoms with van der Waals surface area (Å²) in [5, 5.41) is 14.0. The minimum Gasteiger partial charge on any atom is -0.593 e. The molecule has 3 aliphatic rings. The van der Waals surface area contributed by atoms with E-state index < -0.39 is 46.0 Å². The highest BCUT2D eigenvalue weighted by Gasteiger charge is 2.48. The molecule has 0 radical (unpaired) electrons. The van der Waals surface area contributed by atoms with Gasteiger partial charge in [0.15, 0.2) is 0 Å². The number of aliphatic hydroxyl groups is 1. The number of amidine groups is 1. The molecule has 2 aromatic rings. The van der Waals surface area contributed by atoms with E-state index in [2.05, 4.69) is 10.3 Å². The van der Waals surface area contributed by atoms with E-state index >= 15 is 0 Å². The van der Waals surface area contributed by atoms with Gasteiger partial charge in [0.25, 0.3) is 11.8 Å². The van der Waals surface area contributed by atoms with Crippen molar-refractivity contribution >= 4 is 35.1 Å². The van der Waals surface area contributed by atoms with Crippen molar-refractivity contribution in [2.75, 3.05) is 26.2 Å². The first-order valence-corrected chi connectivity index (χ1v) is 14.5. The van der Waals surface area contributed by atoms with Crippen molar-refractivity contribution in [3.8, 4) is 0 Å². The highest BCUT2D eigenvalue weighted by Crippen LogP contribution is 2.35. The van der Waals surface area contributed by atoms with Crippen LogP contribution in [0, 0.1) is 19.7 Å². The lowest BCUT2D eigenvalue weighted by Gasteiger charge is -2.44. The minimum atomic E-state index is -4.89. The number of carbonyl (C=O) groups is 2. The Bertz CT molecular complexity index is 1470. The van der Waals surface area contributed by atoms with Crippen molar-refractivity contribution in [3.63, 3.8) is 0 Å². The fourth-order valence-electron chi connectivity index (χ4n) is 5.59. The van der Waals surface area contributed by atoms with Crippen LogP contribution in [-0.4, -0.2) is 73.8 Å². The van der Waals surface area contributed by atoms with E-state index in [9.17, 15) is 36.8 Å². The van der Waals surface area contributed by atoms with Crippen LogP contribution in [0.15, 0.2) is 40.7 Å². The quantitative estimate of drug-likeness (QED) is 0.399. The summed E-state index contributed by atoms with van der Waals surface area (Å²) in [5.41, 5.74) is -0.543. The maximum absolute atomic E-state index is 13.7. The molecule has 13 heteroatoms. The average Bonchev–Trinajstić information content (AvgIpc) is 3.21. The molecule has 0 aliphatic carbocycles. The van der Waals surface area contributed by atoms with Gasteiger partial charge in [0, 0.05) is 24.2 Å². The largest absolute Gasteiger partial charge is 0.593 e. The van der Waals surface area contributed by atoms with E-state index in [0.29, 0.717) is 17.7 Å². The first kappa shape index (κ1) is 30.2. The van der Waals surface area contributed by atoms with Crippen LogP contribution >= 0.6 is 0 Å². The zero-order valence-corrected chi connectivity index (χ0v) is 24.0. The second kappa shape index (κ2) is 10.8. The van der Waals surface area contributed by atoms with Crippen molar-refractivity contribution in [2.24, 2.45) is 4.99 Å². The Morgan fingerprint density at radius 2 is 1.76 bits per heavy atom. The first-order valence-electron chi connectivity index (χ1n) is 13.3. The number of aliphatic imine (C=N–C) groups is 1. The van der Waals surface area contributed by atoms with Gasteiger partial charge in [0.05, 0.1) is 35.6 Å². The number of likely N-dealkylation sites (tertiary alicyclic amines) is 1. The third kappa shape index (κ3) is 5.83. The summed E-state index contributed by atoms with van der Waals surface area (Å²) in [5.74, 6) is -2.08. The molecule has 5 rings (SSSR count). The lowest BCUT2D eigenvalue weighted by atomic mass is 9.89. The number of nitrogens with one attached hydrogen (secondary N) is 1. The van der Waals surface area contributed by atoms with E-state index in [4.69, 9.17) is 0 Å². The molecule has 2 aromatic carbocycles. The molecule has 2 fully saturated rings. The normalized spacial score (nSPS) is 20.9. The fourth-order valence-corrected chi connectivity index (χ4v) is 6.56. The molecular weight excluding hydrogens is 576 g/mol. The highest BCUT2D eigenvalue weighted by molar-refractivity contribution is 7.92. The number of benzene rings is 2. The van der Waals surface area contributed by atoms with Gasteiger partial charge >= 0.3 is 6.18 Å². The number of hydrogen-bond acceptors (Lipinski definition) is 6. The molecule has 0 aromatic heterocycles. The van der Waals surface area contributed by atoms with Gasteiger partial charge in [-0.3, -0.25) is 14.6 Å². The predicted molar refractivity (Wildman–Crippen MR) is 149 cm³/mol. The Balaban J connectivity index is 1.24. The van der Waals surface area contributed by atoms with Crippen molar-refractivity contribution in [2.45, 2.75) is 50.9 Å². The van der Waals surface area contributed by atoms with Crippen LogP contribution < -0.4 is 5.32 Å². The molecule has 3 heterocycles. The van der Waals surface area contributed by atoms with E-state index in [0.717, 1.165) is 22.8 Å². The van der Waals surface area contributed by atoms with Crippen LogP contribution in [0.1, 0.15) is 57.9 Å². The number of aryl methyl sites for hydroxylation is 2. The van der Waals surface area contributed by atoms with Gasteiger partial charge in [-0.2, -0.15) is 13.2 Å². The summed E-state index contributed by atoms with van der Waals surface area (Å²) >= 11 is -1.53. The van der Waals surface area contributed by atoms with Gasteiger partial charge in [-0.15, -0.1) is 4.31 Å². The zero-order valence-electron chi connectivity index (χ0n) is 23.2. The maximum Gasteiger partial charge on any atom is 0.419 e. The predicted octanol–water partition coefficient (Wildman–Crippen LogP) is 3.71. The highest BCUT2D eigenvalue weighted by atomic mass is 32.2. The van der Waals surface area contributed by atoms with E-state index in [1.807, 2.05) is 13.8 Å². The second-order valence-electron chi connectivity index (χ2n) is 11.3. The maximum atomic E-state index is 13.7. The number of alkyl halides is 3. The van der Waals surface area contributed by atoms with Crippen molar-refractivity contribution in [1.29, 1.82) is 0 Å². The van der Waals surface area contributed by atoms with Crippen molar-refractivity contribution in [3.05, 3.63) is 74.9 Å². The van der Waals surface area contributed by atoms with E-state index in [-0.39, 0.29) is 56.3 Å². The molecule has 2 amide bonds. The molecule has 2 N–H and O–H groups in total. The van der Waals surface area contributed by atoms with Crippen LogP contribution in [0.2, 0.25) is 0 Å². The number of amides is 2. The van der Waals surface area contributed by atoms with Gasteiger partial charge in [-0.1, -0.05) is 0 Å². The lowest BCUT2D eigenvalue weighted by molar-refractivity contribution is -0.140. The van der Waals surface area contributed by atoms with Gasteiger partial charge < -0.3 is 19.9 Å². The van der Waals surface area contributed by atoms with Crippen LogP contribution in [0.3, 0.4) is 0 Å². The van der Waals surface area contributed by atoms with Crippen LogP contribution in [0.25, 0.3) is 6.08 Å². The topological polar surface area (TPSA) is 108 Å². The molecule has 3 aliphatic heterocycles. The van der Waals surface area contributed by atoms with Crippen molar-refractivity contribution < 1.29 is 36.8 Å². The molecule has 224 valence electrons. The van der Waals surface area contributed by atoms with Crippen LogP contribution in [0.5, 0.6) is 0 Å². The third-order valence-corrected chi connectivity index (χ3v) is 9.11. The smallest absolute Gasteiger partial charge is 0.419 e. The Labute approximate surface area is 243 Å². The molecule has 1 atom stereocenters. The summed E-state index contributed by atoms with van der Waals surface area (Å²) in [4.78, 5) is 31.6. The van der Waals surface area contributed by atoms with Gasteiger partial charge in [-0.05, 0) is 86.7 Å². The van der Waals surface area contributed by atoms with Gasteiger partial charge in [0.2, 0.25) is 0 Å². The summed E-state index contributed by atoms with van der Waals surface area (Å²) in [6.07, 6.45) is -2.75. The molecule has 0 bridgehead atoms. The number of carbonyl (C=O) groups excluding carboxylic acids is 2. The number of rotatable bonds is 5. The summed E-state index contributed by atoms with van der Waals surface area (Å²) < 4.78 is 68.0. The molecule has 42 heavy (non-hydrogen) atoms. The van der Waals surface area contributed by atoms with Gasteiger partial charge in [-0.25, -0.2) is 4.39 Å². The lowest BCUT2D eigenvalue weighted by Crippen LogP contribution is -2.61. The molecule has 8 nitrogen and oxygen atoms in total. The van der Waals surface area contributed by atoms with E-state index in [1.165, 1.54) is 0 Å². The summed E-state index contributed by atoms with van der Waals surface area (Å²) in [6, 6.07) is 6.00. The molecule has 0 saturated carbocycles. The Morgan fingerprint density at radius 3 is 2.33 bits per heavy atom. The van der Waals surface area contributed by atoms with Gasteiger partial charge in [0.1, 0.15) is 22.6 Å². The number of piperidine rings is 1. The van der Waals surface area contributed by atoms with Crippen LogP contribution in [-0.2, 0) is 22.3 Å². The molecule has 1 spiro atoms. The number of β-amino-alcohol motifs (C(OH)–C–C–N with tert-alkyl or cyclic N) is 1. The minimum absolute atomic E-state index is 0.0434. The number of nitrogens with zero attached hydrogens (tertiary/aromatic N) is 3. The summed E-state index contributed by atoms with van der Waals surface area (Å²) in [7, 11) is 0. The standard InChI is InChI=1S/C29H30F4N4O4S/c1-17-12-20(25(38)36-15-27(3,40)16-36)13-18(2)21(17)6-11-42(41)37-9-7-28(8-10-37)26(39)34-24(35-28)19-4-5-23(30)22(14-19)29(31,32)33/h4-6,11-14,40H,7-10,15-16H2,1-3H3,(H,34,35,39)/b11-6+. The first-order chi connectivity index (χ1) is 19.6. The van der Waals surface area contributed by atoms with Crippen LogP contribution in [0.4, 0.5) is 17.6 Å². The average molecular weight is 607 g/mol. The molecular formula is C29H30F4N4O4S. The fraction of sp³-hybridized carbons (Fsp3) is 0.414. The summed E-state index contributed by atoms with van der Waals surface area (Å²) in [6.45, 7) is 6.46. The molecule has 1 unspecified atom stereocenters. The monoisotopic (exact) mass is 606 g/mol. The SMILES string of the molecule is Cc1cc(C(=O)N2CC(C)(O)C2)cc(C)c1/C=C/[S+]([O-])N1CCC2(CC1)N=C(c1ccc(F)c(C(F)(F)F)c1)NC2=O. The second-order valence-corrected chi connectivity index (χ2v) is 12.7. The number of hydrogen-bond donors (Lipinski definition) is 2. The van der Waals surface area contributed by atoms with Crippen molar-refractivity contribution in [1.82, 2.24) is 14.5 Å². The molecule has 2 saturated heterocycles. The third-order valence-electron chi connectivity index (χ3n) is 7.87. The Kier molecular flexibility index (Phi) is 7.75. The Morgan fingerprint density at radius 1 is 1.14 bits per heavy atom. The van der Waals surface area contributed by atoms with E-state index in [1.54, 1.807) is 39.7 Å². The Hall–Kier alpha value is -3.26. The number of halogens is 4.